The van der Waals surface area contributed by atoms with Gasteiger partial charge in [0.25, 0.3) is 5.97 Å². The molecule has 45 valence electrons. The largest absolute Gasteiger partial charge is 0.344 e. The third-order valence-corrected chi connectivity index (χ3v) is 0.335. The Balaban J connectivity index is 0. The van der Waals surface area contributed by atoms with Crippen LogP contribution in [-0.2, 0) is 0 Å². The minimum absolute atomic E-state index is 0. The van der Waals surface area contributed by atoms with Gasteiger partial charge >= 0.3 is 0 Å². The van der Waals surface area contributed by atoms with Gasteiger partial charge in [-0.3, -0.25) is 0 Å². The van der Waals surface area contributed by atoms with Gasteiger partial charge in [-0.05, 0) is 6.92 Å². The molecule has 0 aliphatic carbocycles. The molecule has 0 atom stereocenters. The molecule has 0 spiro atoms. The fourth-order valence-corrected chi connectivity index (χ4v) is 0. The van der Waals surface area contributed by atoms with E-state index in [1.807, 2.05) is 0 Å². The maximum atomic E-state index is 7.88. The molecule has 0 bridgehead atoms. The number of hydrogen-bond donors (Lipinski definition) is 4. The lowest BCUT2D eigenvalue weighted by atomic mass is 10.4. The monoisotopic (exact) mass is 108 g/mol. The lowest BCUT2D eigenvalue weighted by Gasteiger charge is -2.07. The second-order valence-electron chi connectivity index (χ2n) is 1.02. The Morgan fingerprint density at radius 2 is 1.43 bits per heavy atom. The Morgan fingerprint density at radius 1 is 1.29 bits per heavy atom. The molecule has 7 heavy (non-hydrogen) atoms. The summed E-state index contributed by atoms with van der Waals surface area (Å²) in [5, 5.41) is 23.6. The summed E-state index contributed by atoms with van der Waals surface area (Å²) >= 11 is 0. The summed E-state index contributed by atoms with van der Waals surface area (Å²) in [6.45, 7) is 3.01. The van der Waals surface area contributed by atoms with E-state index in [2.05, 4.69) is 6.92 Å². The molecule has 0 aromatic rings. The zero-order chi connectivity index (χ0) is 5.21. The van der Waals surface area contributed by atoms with Crippen molar-refractivity contribution in [2.45, 2.75) is 12.4 Å². The van der Waals surface area contributed by atoms with E-state index in [0.29, 0.717) is 0 Å². The van der Waals surface area contributed by atoms with Crippen LogP contribution in [-0.4, -0.2) is 21.3 Å². The Hall–Kier alpha value is -0.160. The molecule has 0 aromatic heterocycles. The van der Waals surface area contributed by atoms with Crippen molar-refractivity contribution >= 4 is 0 Å². The maximum Gasteiger partial charge on any atom is 0.275 e. The molecular weight excluding hydrogens is 98.0 g/mol. The van der Waals surface area contributed by atoms with Crippen LogP contribution in [0.2, 0.25) is 0 Å². The molecule has 0 aromatic carbocycles. The van der Waals surface area contributed by atoms with Crippen LogP contribution in [0, 0.1) is 6.92 Å². The van der Waals surface area contributed by atoms with Crippen LogP contribution in [0.25, 0.3) is 0 Å². The molecule has 4 heteroatoms. The van der Waals surface area contributed by atoms with Gasteiger partial charge < -0.3 is 21.5 Å². The summed E-state index contributed by atoms with van der Waals surface area (Å²) in [4.78, 5) is 0. The predicted octanol–water partition coefficient (Wildman–Crippen LogP) is -0.997. The Bertz CT molecular complexity index is 39.9. The van der Waals surface area contributed by atoms with Crippen LogP contribution < -0.4 is 6.15 Å². The second kappa shape index (κ2) is 2.92. The molecule has 0 amide bonds. The molecule has 0 unspecified atom stereocenters. The van der Waals surface area contributed by atoms with E-state index >= 15 is 0 Å². The smallest absolute Gasteiger partial charge is 0.275 e. The molecule has 6 N–H and O–H groups in total. The van der Waals surface area contributed by atoms with Crippen molar-refractivity contribution in [3.05, 3.63) is 6.92 Å². The minimum atomic E-state index is -2.57. The van der Waals surface area contributed by atoms with Gasteiger partial charge in [0.2, 0.25) is 0 Å². The fraction of sp³-hybridized carbons (Fsp3) is 0.667. The molecule has 4 nitrogen and oxygen atoms in total. The zero-order valence-corrected chi connectivity index (χ0v) is 3.96. The summed E-state index contributed by atoms with van der Waals surface area (Å²) < 4.78 is 0. The van der Waals surface area contributed by atoms with Gasteiger partial charge in [-0.2, -0.15) is 0 Å². The van der Waals surface area contributed by atoms with E-state index in [0.717, 1.165) is 0 Å². The lowest BCUT2D eigenvalue weighted by Crippen LogP contribution is -2.25. The summed E-state index contributed by atoms with van der Waals surface area (Å²) in [6.07, 6.45) is -0.312. The highest BCUT2D eigenvalue weighted by molar-refractivity contribution is 4.45. The average molecular weight is 108 g/mol. The fourth-order valence-electron chi connectivity index (χ4n) is 0. The van der Waals surface area contributed by atoms with Gasteiger partial charge in [0.1, 0.15) is 0 Å². The third kappa shape index (κ3) is 10.7. The van der Waals surface area contributed by atoms with Crippen molar-refractivity contribution in [1.29, 1.82) is 0 Å². The normalized spacial score (nSPS) is 10.3. The topological polar surface area (TPSA) is 95.7 Å². The summed E-state index contributed by atoms with van der Waals surface area (Å²) in [7, 11) is 0. The third-order valence-electron chi connectivity index (χ3n) is 0.335. The Kier molecular flexibility index (Phi) is 4.16. The van der Waals surface area contributed by atoms with Crippen LogP contribution in [0.4, 0.5) is 0 Å². The van der Waals surface area contributed by atoms with Crippen molar-refractivity contribution in [2.24, 2.45) is 0 Å². The summed E-state index contributed by atoms with van der Waals surface area (Å²) in [6, 6.07) is 0. The highest BCUT2D eigenvalue weighted by Crippen LogP contribution is 1.94. The van der Waals surface area contributed by atoms with Crippen LogP contribution in [0.5, 0.6) is 0 Å². The van der Waals surface area contributed by atoms with Gasteiger partial charge in [-0.1, -0.05) is 0 Å². The molecule has 0 saturated carbocycles. The second-order valence-corrected chi connectivity index (χ2v) is 1.02. The van der Waals surface area contributed by atoms with E-state index in [4.69, 9.17) is 15.3 Å². The van der Waals surface area contributed by atoms with Gasteiger partial charge in [0, 0.05) is 6.42 Å². The van der Waals surface area contributed by atoms with Crippen LogP contribution >= 0.6 is 0 Å². The molecular formula is C3H10NO3. The van der Waals surface area contributed by atoms with Crippen molar-refractivity contribution in [2.75, 3.05) is 0 Å². The molecule has 0 heterocycles. The first kappa shape index (κ1) is 9.96. The van der Waals surface area contributed by atoms with E-state index in [-0.39, 0.29) is 12.6 Å². The lowest BCUT2D eigenvalue weighted by molar-refractivity contribution is -0.308. The standard InChI is InChI=1S/C3H7O3.H3N/c1-2-3(4,5)6;/h4-6H,1-2H2;1H3. The van der Waals surface area contributed by atoms with Gasteiger partial charge in [-0.25, -0.2) is 0 Å². The van der Waals surface area contributed by atoms with E-state index < -0.39 is 5.97 Å². The van der Waals surface area contributed by atoms with Crippen molar-refractivity contribution < 1.29 is 15.3 Å². The first-order valence-electron chi connectivity index (χ1n) is 1.52. The van der Waals surface area contributed by atoms with Crippen molar-refractivity contribution in [3.63, 3.8) is 0 Å². The van der Waals surface area contributed by atoms with Gasteiger partial charge in [0.05, 0.1) is 0 Å². The van der Waals surface area contributed by atoms with Gasteiger partial charge in [-0.15, -0.1) is 0 Å². The number of aliphatic hydroxyl groups is 3. The number of rotatable bonds is 1. The van der Waals surface area contributed by atoms with E-state index in [9.17, 15) is 0 Å². The molecule has 1 radical (unpaired) electrons. The first-order valence-corrected chi connectivity index (χ1v) is 1.52. The minimum Gasteiger partial charge on any atom is -0.344 e. The molecule has 0 fully saturated rings. The van der Waals surface area contributed by atoms with Crippen LogP contribution in [0.1, 0.15) is 6.42 Å². The molecule has 0 rings (SSSR count). The highest BCUT2D eigenvalue weighted by Gasteiger charge is 2.11. The van der Waals surface area contributed by atoms with Crippen molar-refractivity contribution in [3.8, 4) is 0 Å². The van der Waals surface area contributed by atoms with Crippen LogP contribution in [0.15, 0.2) is 0 Å². The highest BCUT2D eigenvalue weighted by atomic mass is 16.7. The van der Waals surface area contributed by atoms with E-state index in [1.54, 1.807) is 0 Å². The Labute approximate surface area is 42.0 Å². The maximum absolute atomic E-state index is 7.88. The quantitative estimate of drug-likeness (QED) is 0.324. The summed E-state index contributed by atoms with van der Waals surface area (Å²) in [5.41, 5.74) is 0. The van der Waals surface area contributed by atoms with Gasteiger partial charge in [0.15, 0.2) is 0 Å². The first-order chi connectivity index (χ1) is 2.56. The van der Waals surface area contributed by atoms with Crippen molar-refractivity contribution in [1.82, 2.24) is 6.15 Å². The molecule has 0 aliphatic heterocycles. The van der Waals surface area contributed by atoms with E-state index in [1.165, 1.54) is 0 Å². The Morgan fingerprint density at radius 3 is 1.43 bits per heavy atom. The predicted molar refractivity (Wildman–Crippen MR) is 24.4 cm³/mol. The summed E-state index contributed by atoms with van der Waals surface area (Å²) in [5.74, 6) is -2.57. The molecule has 0 saturated heterocycles. The SMILES string of the molecule is N.[CH2]CC(O)(O)O. The zero-order valence-electron chi connectivity index (χ0n) is 3.96. The molecule has 0 aliphatic rings. The van der Waals surface area contributed by atoms with Crippen LogP contribution in [0.3, 0.4) is 0 Å². The average Bonchev–Trinajstić information content (AvgIpc) is 1.35. The number of hydrogen-bond acceptors (Lipinski definition) is 4.